The second-order valence-electron chi connectivity index (χ2n) is 11.4. The van der Waals surface area contributed by atoms with Crippen LogP contribution in [-0.2, 0) is 28.8 Å². The monoisotopic (exact) mass is 694 g/mol. The van der Waals surface area contributed by atoms with E-state index in [4.69, 9.17) is 11.5 Å². The van der Waals surface area contributed by atoms with Crippen LogP contribution in [0.5, 0.6) is 0 Å². The summed E-state index contributed by atoms with van der Waals surface area (Å²) < 4.78 is 0. The van der Waals surface area contributed by atoms with Gasteiger partial charge in [0.15, 0.2) is 0 Å². The number of carbonyl (C=O) groups excluding carboxylic acids is 4. The first-order valence-corrected chi connectivity index (χ1v) is 16.9. The van der Waals surface area contributed by atoms with Gasteiger partial charge in [-0.05, 0) is 36.1 Å². The summed E-state index contributed by atoms with van der Waals surface area (Å²) in [6.45, 7) is 3.38. The van der Waals surface area contributed by atoms with Crippen LogP contribution < -0.4 is 22.1 Å². The van der Waals surface area contributed by atoms with Crippen LogP contribution in [-0.4, -0.2) is 89.9 Å². The molecule has 2 aromatic rings. The number of carboxylic acids is 2. The Morgan fingerprint density at radius 1 is 0.688 bits per heavy atom. The van der Waals surface area contributed by atoms with Crippen molar-refractivity contribution < 1.29 is 39.0 Å². The fourth-order valence-corrected chi connectivity index (χ4v) is 8.25. The van der Waals surface area contributed by atoms with E-state index in [9.17, 15) is 39.0 Å². The van der Waals surface area contributed by atoms with Gasteiger partial charge in [-0.1, -0.05) is 60.7 Å². The maximum absolute atomic E-state index is 12.3. The number of thioether (sulfide) groups is 2. The first-order chi connectivity index (χ1) is 22.8. The lowest BCUT2D eigenvalue weighted by Crippen LogP contribution is -2.71. The van der Waals surface area contributed by atoms with Gasteiger partial charge in [0.25, 0.3) is 11.8 Å². The minimum absolute atomic E-state index is 0.0154. The van der Waals surface area contributed by atoms with Gasteiger partial charge < -0.3 is 32.3 Å². The van der Waals surface area contributed by atoms with Crippen molar-refractivity contribution in [3.63, 3.8) is 0 Å². The molecule has 48 heavy (non-hydrogen) atoms. The Kier molecular flexibility index (Phi) is 10.3. The molecule has 4 heterocycles. The SMILES string of the molecule is CC1=C(C(=O)O)N2C(=O)[C@@H](NC(=O)[C@H](N)c3ccccc3)[C@H]2SC1.CC1=C(C(=O)O)N2C(=O)[C@@H](NC(=O)[C@H](N)c3ccccc3)[C@H]2SC1. The van der Waals surface area contributed by atoms with Crippen LogP contribution in [0.2, 0.25) is 0 Å². The van der Waals surface area contributed by atoms with Crippen molar-refractivity contribution in [2.45, 2.75) is 48.8 Å². The van der Waals surface area contributed by atoms with Crippen molar-refractivity contribution in [3.05, 3.63) is 94.3 Å². The molecule has 0 bridgehead atoms. The van der Waals surface area contributed by atoms with Gasteiger partial charge in [-0.3, -0.25) is 29.0 Å². The lowest BCUT2D eigenvalue weighted by atomic mass is 10.0. The van der Waals surface area contributed by atoms with Gasteiger partial charge in [-0.2, -0.15) is 0 Å². The highest BCUT2D eigenvalue weighted by molar-refractivity contribution is 8.00. The number of rotatable bonds is 8. The molecule has 2 saturated heterocycles. The van der Waals surface area contributed by atoms with Crippen LogP contribution in [0.1, 0.15) is 37.1 Å². The van der Waals surface area contributed by atoms with Gasteiger partial charge in [0.05, 0.1) is 0 Å². The number of carboxylic acid groups (broad SMARTS) is 2. The summed E-state index contributed by atoms with van der Waals surface area (Å²) in [5.74, 6) is -2.99. The standard InChI is InChI=1S/2C16H17N3O4S/c2*1-8-7-24-15-11(14(21)19(15)12(8)16(22)23)18-13(20)10(17)9-5-3-2-4-6-9/h2*2-6,10-11,15H,7,17H2,1H3,(H,18,20)(H,22,23)/t2*10-,11-,15-/m11/s1. The molecule has 6 atom stereocenters. The van der Waals surface area contributed by atoms with E-state index >= 15 is 0 Å². The van der Waals surface area contributed by atoms with E-state index in [1.807, 2.05) is 12.1 Å². The Bertz CT molecular complexity index is 1590. The van der Waals surface area contributed by atoms with E-state index in [-0.39, 0.29) is 11.4 Å². The average molecular weight is 695 g/mol. The number of hydrogen-bond acceptors (Lipinski definition) is 10. The molecule has 4 aliphatic heterocycles. The normalized spacial score (nSPS) is 24.1. The number of carbonyl (C=O) groups is 6. The lowest BCUT2D eigenvalue weighted by molar-refractivity contribution is -0.150. The number of nitrogens with one attached hydrogen (secondary N) is 2. The molecule has 2 fully saturated rings. The summed E-state index contributed by atoms with van der Waals surface area (Å²) >= 11 is 2.86. The molecular weight excluding hydrogens is 661 g/mol. The van der Waals surface area contributed by atoms with Crippen LogP contribution in [0, 0.1) is 0 Å². The summed E-state index contributed by atoms with van der Waals surface area (Å²) in [5, 5.41) is 23.1. The minimum atomic E-state index is -1.13. The van der Waals surface area contributed by atoms with Crippen molar-refractivity contribution in [1.82, 2.24) is 20.4 Å². The molecule has 4 amide bonds. The molecule has 0 spiro atoms. The molecule has 0 aromatic heterocycles. The van der Waals surface area contributed by atoms with Crippen LogP contribution in [0.3, 0.4) is 0 Å². The third-order valence-corrected chi connectivity index (χ3v) is 11.0. The Labute approximate surface area is 283 Å². The zero-order valence-electron chi connectivity index (χ0n) is 25.9. The van der Waals surface area contributed by atoms with Crippen LogP contribution in [0.4, 0.5) is 0 Å². The van der Waals surface area contributed by atoms with Crippen molar-refractivity contribution in [2.24, 2.45) is 11.5 Å². The second-order valence-corrected chi connectivity index (χ2v) is 13.6. The molecular formula is C32H34N6O8S2. The number of benzene rings is 2. The fraction of sp³-hybridized carbons (Fsp3) is 0.312. The molecule has 0 saturated carbocycles. The van der Waals surface area contributed by atoms with E-state index < -0.39 is 70.5 Å². The Morgan fingerprint density at radius 2 is 1.02 bits per heavy atom. The van der Waals surface area contributed by atoms with E-state index in [1.165, 1.54) is 33.3 Å². The third kappa shape index (κ3) is 6.56. The lowest BCUT2D eigenvalue weighted by Gasteiger charge is -2.49. The largest absolute Gasteiger partial charge is 0.477 e. The highest BCUT2D eigenvalue weighted by Crippen LogP contribution is 2.41. The van der Waals surface area contributed by atoms with E-state index in [2.05, 4.69) is 10.6 Å². The molecule has 0 radical (unpaired) electrons. The van der Waals surface area contributed by atoms with Crippen molar-refractivity contribution in [2.75, 3.05) is 11.5 Å². The first-order valence-electron chi connectivity index (χ1n) is 14.8. The fourth-order valence-electron chi connectivity index (χ4n) is 5.66. The van der Waals surface area contributed by atoms with E-state index in [1.54, 1.807) is 62.4 Å². The maximum Gasteiger partial charge on any atom is 0.352 e. The first kappa shape index (κ1) is 34.7. The number of nitrogens with zero attached hydrogens (tertiary/aromatic N) is 2. The van der Waals surface area contributed by atoms with Crippen LogP contribution in [0.15, 0.2) is 83.2 Å². The van der Waals surface area contributed by atoms with Crippen LogP contribution in [0.25, 0.3) is 0 Å². The maximum atomic E-state index is 12.3. The summed E-state index contributed by atoms with van der Waals surface area (Å²) in [6, 6.07) is 14.5. The van der Waals surface area contributed by atoms with Gasteiger partial charge in [0.2, 0.25) is 11.8 Å². The highest BCUT2D eigenvalue weighted by atomic mass is 32.2. The highest BCUT2D eigenvalue weighted by Gasteiger charge is 2.55. The summed E-state index contributed by atoms with van der Waals surface area (Å²) in [7, 11) is 0. The van der Waals surface area contributed by atoms with Gasteiger partial charge in [0, 0.05) is 11.5 Å². The van der Waals surface area contributed by atoms with Crippen molar-refractivity contribution in [1.29, 1.82) is 0 Å². The molecule has 8 N–H and O–H groups in total. The molecule has 16 heteroatoms. The quantitative estimate of drug-likeness (QED) is 0.212. The molecule has 252 valence electrons. The molecule has 2 aromatic carbocycles. The van der Waals surface area contributed by atoms with Gasteiger partial charge >= 0.3 is 11.9 Å². The van der Waals surface area contributed by atoms with E-state index in [0.29, 0.717) is 33.8 Å². The number of hydrogen-bond donors (Lipinski definition) is 6. The second kappa shape index (κ2) is 14.2. The Hall–Kier alpha value is -4.64. The number of nitrogens with two attached hydrogens (primary N) is 2. The summed E-state index contributed by atoms with van der Waals surface area (Å²) in [5.41, 5.74) is 14.5. The predicted octanol–water partition coefficient (Wildman–Crippen LogP) is 0.890. The average Bonchev–Trinajstić information content (AvgIpc) is 3.09. The predicted molar refractivity (Wildman–Crippen MR) is 177 cm³/mol. The smallest absolute Gasteiger partial charge is 0.352 e. The van der Waals surface area contributed by atoms with Crippen molar-refractivity contribution in [3.8, 4) is 0 Å². The molecule has 0 unspecified atom stereocenters. The van der Waals surface area contributed by atoms with Crippen molar-refractivity contribution >= 4 is 59.1 Å². The number of fused-ring (bicyclic) bond motifs is 2. The summed E-state index contributed by atoms with van der Waals surface area (Å²) in [6.07, 6.45) is 0. The van der Waals surface area contributed by atoms with Gasteiger partial charge in [0.1, 0.15) is 46.3 Å². The number of amides is 4. The third-order valence-electron chi connectivity index (χ3n) is 8.20. The van der Waals surface area contributed by atoms with Gasteiger partial charge in [-0.25, -0.2) is 9.59 Å². The molecule has 6 rings (SSSR count). The topological polar surface area (TPSA) is 225 Å². The van der Waals surface area contributed by atoms with E-state index in [0.717, 1.165) is 0 Å². The molecule has 14 nitrogen and oxygen atoms in total. The van der Waals surface area contributed by atoms with Crippen LogP contribution >= 0.6 is 23.5 Å². The number of β-lactam (4-membered cyclic amide) rings is 2. The minimum Gasteiger partial charge on any atom is -0.477 e. The Balaban J connectivity index is 0.000000188. The zero-order valence-corrected chi connectivity index (χ0v) is 27.5. The van der Waals surface area contributed by atoms with Gasteiger partial charge in [-0.15, -0.1) is 23.5 Å². The molecule has 4 aliphatic rings. The molecule has 0 aliphatic carbocycles. The zero-order chi connectivity index (χ0) is 34.9. The number of aliphatic carboxylic acids is 2. The Morgan fingerprint density at radius 3 is 1.33 bits per heavy atom. The summed E-state index contributed by atoms with van der Waals surface area (Å²) in [4.78, 5) is 74.4.